The third-order valence-corrected chi connectivity index (χ3v) is 1.67. The summed E-state index contributed by atoms with van der Waals surface area (Å²) in [6.45, 7) is 0.525. The first-order valence-corrected chi connectivity index (χ1v) is 3.88. The summed E-state index contributed by atoms with van der Waals surface area (Å²) in [7, 11) is 0. The molecule has 2 N–H and O–H groups in total. The molecule has 13 heavy (non-hydrogen) atoms. The third-order valence-electron chi connectivity index (χ3n) is 1.67. The van der Waals surface area contributed by atoms with E-state index in [9.17, 15) is 8.78 Å². The molecule has 1 nitrogen and oxygen atoms in total. The molecule has 1 rings (SSSR count). The Morgan fingerprint density at radius 3 is 2.46 bits per heavy atom. The van der Waals surface area contributed by atoms with E-state index in [1.165, 1.54) is 12.1 Å². The standard InChI is InChI=1S/C9H11F2N.ClH/c10-8-4-3-7(2-1-5-12)9(11)6-8;/h3-4,6H,1-2,5,12H2;1H. The smallest absolute Gasteiger partial charge is 0.129 e. The summed E-state index contributed by atoms with van der Waals surface area (Å²) < 4.78 is 25.3. The fourth-order valence-corrected chi connectivity index (χ4v) is 1.02. The van der Waals surface area contributed by atoms with Crippen molar-refractivity contribution < 1.29 is 8.78 Å². The van der Waals surface area contributed by atoms with E-state index in [1.807, 2.05) is 0 Å². The van der Waals surface area contributed by atoms with Crippen LogP contribution >= 0.6 is 12.4 Å². The first kappa shape index (κ1) is 12.3. The van der Waals surface area contributed by atoms with E-state index in [0.717, 1.165) is 12.5 Å². The minimum Gasteiger partial charge on any atom is -0.330 e. The van der Waals surface area contributed by atoms with Crippen LogP contribution in [-0.4, -0.2) is 6.54 Å². The molecule has 0 atom stereocenters. The fourth-order valence-electron chi connectivity index (χ4n) is 1.02. The molecule has 1 aromatic rings. The summed E-state index contributed by atoms with van der Waals surface area (Å²) in [5.41, 5.74) is 5.79. The van der Waals surface area contributed by atoms with E-state index in [-0.39, 0.29) is 12.4 Å². The second kappa shape index (κ2) is 5.89. The summed E-state index contributed by atoms with van der Waals surface area (Å²) in [5, 5.41) is 0. The lowest BCUT2D eigenvalue weighted by Gasteiger charge is -2.00. The highest BCUT2D eigenvalue weighted by Crippen LogP contribution is 2.10. The molecule has 0 fully saturated rings. The fraction of sp³-hybridized carbons (Fsp3) is 0.333. The van der Waals surface area contributed by atoms with Gasteiger partial charge in [0.25, 0.3) is 0 Å². The van der Waals surface area contributed by atoms with Crippen molar-refractivity contribution >= 4 is 12.4 Å². The summed E-state index contributed by atoms with van der Waals surface area (Å²) in [6, 6.07) is 3.61. The van der Waals surface area contributed by atoms with E-state index in [1.54, 1.807) is 0 Å². The summed E-state index contributed by atoms with van der Waals surface area (Å²) in [6.07, 6.45) is 1.30. The highest BCUT2D eigenvalue weighted by molar-refractivity contribution is 5.85. The Bertz CT molecular complexity index is 266. The summed E-state index contributed by atoms with van der Waals surface area (Å²) >= 11 is 0. The van der Waals surface area contributed by atoms with Crippen molar-refractivity contribution in [1.29, 1.82) is 0 Å². The van der Waals surface area contributed by atoms with Gasteiger partial charge in [-0.2, -0.15) is 0 Å². The molecule has 4 heteroatoms. The number of halogens is 3. The quantitative estimate of drug-likeness (QED) is 0.809. The number of hydrogen-bond donors (Lipinski definition) is 1. The van der Waals surface area contributed by atoms with Gasteiger partial charge in [0.05, 0.1) is 0 Å². The maximum Gasteiger partial charge on any atom is 0.129 e. The van der Waals surface area contributed by atoms with Crippen molar-refractivity contribution in [1.82, 2.24) is 0 Å². The number of benzene rings is 1. The van der Waals surface area contributed by atoms with Crippen LogP contribution in [0, 0.1) is 11.6 Å². The van der Waals surface area contributed by atoms with Crippen molar-refractivity contribution in [3.63, 3.8) is 0 Å². The number of aryl methyl sites for hydroxylation is 1. The average Bonchev–Trinajstić information content (AvgIpc) is 2.03. The van der Waals surface area contributed by atoms with Crippen LogP contribution in [0.3, 0.4) is 0 Å². The van der Waals surface area contributed by atoms with Crippen molar-refractivity contribution in [2.45, 2.75) is 12.8 Å². The molecule has 0 aliphatic carbocycles. The van der Waals surface area contributed by atoms with Crippen LogP contribution in [-0.2, 0) is 6.42 Å². The molecule has 0 spiro atoms. The molecule has 0 bridgehead atoms. The maximum absolute atomic E-state index is 12.9. The first-order valence-electron chi connectivity index (χ1n) is 3.88. The van der Waals surface area contributed by atoms with Crippen LogP contribution in [0.15, 0.2) is 18.2 Å². The zero-order valence-electron chi connectivity index (χ0n) is 7.09. The molecule has 74 valence electrons. The molecule has 0 aliphatic heterocycles. The zero-order valence-corrected chi connectivity index (χ0v) is 7.91. The van der Waals surface area contributed by atoms with E-state index >= 15 is 0 Å². The Morgan fingerprint density at radius 2 is 1.92 bits per heavy atom. The molecule has 0 amide bonds. The number of rotatable bonds is 3. The van der Waals surface area contributed by atoms with Crippen LogP contribution in [0.25, 0.3) is 0 Å². The summed E-state index contributed by atoms with van der Waals surface area (Å²) in [5.74, 6) is -1.02. The Balaban J connectivity index is 0.00000144. The Morgan fingerprint density at radius 1 is 1.23 bits per heavy atom. The Labute approximate surface area is 82.4 Å². The molecule has 0 unspecified atom stereocenters. The van der Waals surface area contributed by atoms with Crippen LogP contribution in [0.4, 0.5) is 8.78 Å². The normalized spacial score (nSPS) is 9.46. The molecule has 0 aliphatic rings. The number of nitrogens with two attached hydrogens (primary N) is 1. The van der Waals surface area contributed by atoms with Gasteiger partial charge in [-0.1, -0.05) is 6.07 Å². The number of hydrogen-bond acceptors (Lipinski definition) is 1. The van der Waals surface area contributed by atoms with Gasteiger partial charge in [0.15, 0.2) is 0 Å². The van der Waals surface area contributed by atoms with E-state index in [4.69, 9.17) is 5.73 Å². The SMILES string of the molecule is Cl.NCCCc1ccc(F)cc1F. The van der Waals surface area contributed by atoms with Gasteiger partial charge in [-0.3, -0.25) is 0 Å². The second-order valence-electron chi connectivity index (χ2n) is 2.63. The molecule has 0 aromatic heterocycles. The summed E-state index contributed by atoms with van der Waals surface area (Å²) in [4.78, 5) is 0. The van der Waals surface area contributed by atoms with Crippen molar-refractivity contribution in [3.8, 4) is 0 Å². The van der Waals surface area contributed by atoms with Crippen LogP contribution in [0.1, 0.15) is 12.0 Å². The monoisotopic (exact) mass is 207 g/mol. The molecular weight excluding hydrogens is 196 g/mol. The van der Waals surface area contributed by atoms with Crippen LogP contribution < -0.4 is 5.73 Å². The van der Waals surface area contributed by atoms with Crippen LogP contribution in [0.5, 0.6) is 0 Å². The Kier molecular flexibility index (Phi) is 5.58. The predicted molar refractivity (Wildman–Crippen MR) is 51.0 cm³/mol. The lowest BCUT2D eigenvalue weighted by atomic mass is 10.1. The minimum absolute atomic E-state index is 0. The van der Waals surface area contributed by atoms with Crippen LogP contribution in [0.2, 0.25) is 0 Å². The molecule has 0 heterocycles. The van der Waals surface area contributed by atoms with Crippen molar-refractivity contribution in [2.75, 3.05) is 6.54 Å². The molecule has 0 saturated heterocycles. The molecule has 1 aromatic carbocycles. The van der Waals surface area contributed by atoms with E-state index in [2.05, 4.69) is 0 Å². The van der Waals surface area contributed by atoms with E-state index < -0.39 is 11.6 Å². The zero-order chi connectivity index (χ0) is 8.97. The topological polar surface area (TPSA) is 26.0 Å². The Hall–Kier alpha value is -0.670. The minimum atomic E-state index is -0.538. The van der Waals surface area contributed by atoms with E-state index in [0.29, 0.717) is 18.5 Å². The third kappa shape index (κ3) is 3.70. The van der Waals surface area contributed by atoms with Gasteiger partial charge in [0, 0.05) is 6.07 Å². The lowest BCUT2D eigenvalue weighted by Crippen LogP contribution is -2.01. The molecule has 0 radical (unpaired) electrons. The predicted octanol–water partition coefficient (Wildman–Crippen LogP) is 2.28. The van der Waals surface area contributed by atoms with Crippen molar-refractivity contribution in [2.24, 2.45) is 5.73 Å². The first-order chi connectivity index (χ1) is 5.74. The lowest BCUT2D eigenvalue weighted by molar-refractivity contribution is 0.569. The largest absolute Gasteiger partial charge is 0.330 e. The van der Waals surface area contributed by atoms with Gasteiger partial charge in [-0.05, 0) is 31.0 Å². The van der Waals surface area contributed by atoms with Gasteiger partial charge in [0.1, 0.15) is 11.6 Å². The van der Waals surface area contributed by atoms with Gasteiger partial charge in [0.2, 0.25) is 0 Å². The molecular formula is C9H12ClF2N. The van der Waals surface area contributed by atoms with Gasteiger partial charge in [-0.25, -0.2) is 8.78 Å². The van der Waals surface area contributed by atoms with Gasteiger partial charge >= 0.3 is 0 Å². The second-order valence-corrected chi connectivity index (χ2v) is 2.63. The van der Waals surface area contributed by atoms with Gasteiger partial charge < -0.3 is 5.73 Å². The highest BCUT2D eigenvalue weighted by atomic mass is 35.5. The highest BCUT2D eigenvalue weighted by Gasteiger charge is 2.01. The average molecular weight is 208 g/mol. The molecule has 0 saturated carbocycles. The maximum atomic E-state index is 12.9. The van der Waals surface area contributed by atoms with Crippen molar-refractivity contribution in [3.05, 3.63) is 35.4 Å². The van der Waals surface area contributed by atoms with Gasteiger partial charge in [-0.15, -0.1) is 12.4 Å².